The first-order valence-corrected chi connectivity index (χ1v) is 6.64. The Hall–Kier alpha value is -1.86. The van der Waals surface area contributed by atoms with Gasteiger partial charge in [0, 0.05) is 18.3 Å². The third-order valence-corrected chi connectivity index (χ3v) is 3.34. The van der Waals surface area contributed by atoms with E-state index in [4.69, 9.17) is 5.73 Å². The van der Waals surface area contributed by atoms with E-state index in [9.17, 15) is 4.79 Å². The van der Waals surface area contributed by atoms with Crippen molar-refractivity contribution in [2.45, 2.75) is 19.8 Å². The van der Waals surface area contributed by atoms with Crippen LogP contribution in [0.1, 0.15) is 35.8 Å². The van der Waals surface area contributed by atoms with Crippen LogP contribution in [0.25, 0.3) is 0 Å². The fourth-order valence-corrected chi connectivity index (χ4v) is 1.93. The second kappa shape index (κ2) is 6.35. The molecule has 1 unspecified atom stereocenters. The highest BCUT2D eigenvalue weighted by Gasteiger charge is 2.27. The number of nitrogens with zero attached hydrogens (tertiary/aromatic N) is 1. The number of carbonyl (C=O) groups excluding carboxylic acids is 1. The maximum Gasteiger partial charge on any atom is 0.269 e. The van der Waals surface area contributed by atoms with Crippen LogP contribution in [-0.2, 0) is 0 Å². The van der Waals surface area contributed by atoms with Gasteiger partial charge in [0.05, 0.1) is 6.54 Å². The van der Waals surface area contributed by atoms with Crippen molar-refractivity contribution in [2.24, 2.45) is 17.6 Å². The molecule has 1 amide bonds. The number of pyridine rings is 1. The zero-order valence-corrected chi connectivity index (χ0v) is 11.1. The van der Waals surface area contributed by atoms with Crippen LogP contribution in [0.3, 0.4) is 0 Å². The van der Waals surface area contributed by atoms with Gasteiger partial charge in [-0.3, -0.25) is 4.79 Å². The highest BCUT2D eigenvalue weighted by atomic mass is 16.1. The molecule has 0 spiro atoms. The van der Waals surface area contributed by atoms with Gasteiger partial charge in [0.2, 0.25) is 0 Å². The molecule has 4 heteroatoms. The van der Waals surface area contributed by atoms with E-state index in [-0.39, 0.29) is 5.91 Å². The van der Waals surface area contributed by atoms with Crippen molar-refractivity contribution in [3.05, 3.63) is 29.6 Å². The average molecular weight is 257 g/mol. The summed E-state index contributed by atoms with van der Waals surface area (Å²) in [6.07, 6.45) is 4.19. The minimum atomic E-state index is -0.120. The molecule has 1 fully saturated rings. The van der Waals surface area contributed by atoms with Gasteiger partial charge in [-0.1, -0.05) is 18.8 Å². The summed E-state index contributed by atoms with van der Waals surface area (Å²) in [7, 11) is 0. The Labute approximate surface area is 113 Å². The standard InChI is InChI=1S/C15H19N3O/c1-11(13-5-6-13)9-18-15(19)14-7-4-12(10-17-14)3-2-8-16/h4,7,10-11,13H,5-6,8-9,16H2,1H3,(H,18,19). The molecule has 1 aliphatic rings. The number of hydrogen-bond donors (Lipinski definition) is 2. The third kappa shape index (κ3) is 4.08. The summed E-state index contributed by atoms with van der Waals surface area (Å²) in [6.45, 7) is 3.22. The van der Waals surface area contributed by atoms with Crippen molar-refractivity contribution >= 4 is 5.91 Å². The quantitative estimate of drug-likeness (QED) is 0.796. The van der Waals surface area contributed by atoms with Gasteiger partial charge in [-0.2, -0.15) is 0 Å². The molecule has 1 aromatic heterocycles. The summed E-state index contributed by atoms with van der Waals surface area (Å²) < 4.78 is 0. The normalized spacial score (nSPS) is 15.3. The van der Waals surface area contributed by atoms with Gasteiger partial charge in [-0.15, -0.1) is 0 Å². The van der Waals surface area contributed by atoms with Gasteiger partial charge in [0.15, 0.2) is 0 Å². The summed E-state index contributed by atoms with van der Waals surface area (Å²) in [5.74, 6) is 6.85. The molecule has 0 radical (unpaired) electrons. The molecule has 100 valence electrons. The highest BCUT2D eigenvalue weighted by molar-refractivity contribution is 5.92. The fourth-order valence-electron chi connectivity index (χ4n) is 1.93. The number of aromatic nitrogens is 1. The molecule has 0 aromatic carbocycles. The predicted molar refractivity (Wildman–Crippen MR) is 74.4 cm³/mol. The van der Waals surface area contributed by atoms with Crippen LogP contribution in [-0.4, -0.2) is 24.0 Å². The Morgan fingerprint density at radius 2 is 2.37 bits per heavy atom. The fraction of sp³-hybridized carbons (Fsp3) is 0.467. The summed E-state index contributed by atoms with van der Waals surface area (Å²) in [6, 6.07) is 3.48. The lowest BCUT2D eigenvalue weighted by molar-refractivity contribution is 0.0941. The zero-order chi connectivity index (χ0) is 13.7. The van der Waals surface area contributed by atoms with Crippen molar-refractivity contribution in [2.75, 3.05) is 13.1 Å². The molecule has 1 aromatic rings. The molecule has 1 aliphatic carbocycles. The van der Waals surface area contributed by atoms with Gasteiger partial charge < -0.3 is 11.1 Å². The molecule has 19 heavy (non-hydrogen) atoms. The van der Waals surface area contributed by atoms with Crippen molar-refractivity contribution in [1.29, 1.82) is 0 Å². The van der Waals surface area contributed by atoms with Crippen LogP contribution < -0.4 is 11.1 Å². The molecule has 1 heterocycles. The van der Waals surface area contributed by atoms with Gasteiger partial charge in [-0.05, 0) is 36.8 Å². The lowest BCUT2D eigenvalue weighted by Gasteiger charge is -2.10. The SMILES string of the molecule is CC(CNC(=O)c1ccc(C#CCN)cn1)C1CC1. The minimum Gasteiger partial charge on any atom is -0.350 e. The Kier molecular flexibility index (Phi) is 4.53. The van der Waals surface area contributed by atoms with E-state index >= 15 is 0 Å². The van der Waals surface area contributed by atoms with Crippen LogP contribution in [0.15, 0.2) is 18.3 Å². The van der Waals surface area contributed by atoms with Crippen LogP contribution >= 0.6 is 0 Å². The summed E-state index contributed by atoms with van der Waals surface area (Å²) >= 11 is 0. The Balaban J connectivity index is 1.87. The van der Waals surface area contributed by atoms with Gasteiger partial charge in [-0.25, -0.2) is 4.98 Å². The summed E-state index contributed by atoms with van der Waals surface area (Å²) in [5.41, 5.74) is 6.50. The third-order valence-electron chi connectivity index (χ3n) is 3.34. The van der Waals surface area contributed by atoms with Crippen LogP contribution in [0.5, 0.6) is 0 Å². The van der Waals surface area contributed by atoms with Crippen LogP contribution in [0.4, 0.5) is 0 Å². The minimum absolute atomic E-state index is 0.120. The van der Waals surface area contributed by atoms with Gasteiger partial charge in [0.25, 0.3) is 5.91 Å². The van der Waals surface area contributed by atoms with E-state index < -0.39 is 0 Å². The zero-order valence-electron chi connectivity index (χ0n) is 11.1. The topological polar surface area (TPSA) is 68.0 Å². The van der Waals surface area contributed by atoms with Crippen LogP contribution in [0, 0.1) is 23.7 Å². The van der Waals surface area contributed by atoms with Gasteiger partial charge >= 0.3 is 0 Å². The first-order valence-electron chi connectivity index (χ1n) is 6.64. The summed E-state index contributed by atoms with van der Waals surface area (Å²) in [4.78, 5) is 16.0. The van der Waals surface area contributed by atoms with E-state index in [1.807, 2.05) is 0 Å². The summed E-state index contributed by atoms with van der Waals surface area (Å²) in [5, 5.41) is 2.93. The number of nitrogens with two attached hydrogens (primary N) is 1. The average Bonchev–Trinajstić information content (AvgIpc) is 3.27. The molecule has 3 N–H and O–H groups in total. The number of nitrogens with one attached hydrogen (secondary N) is 1. The monoisotopic (exact) mass is 257 g/mol. The lowest BCUT2D eigenvalue weighted by Crippen LogP contribution is -2.29. The molecule has 1 atom stereocenters. The first kappa shape index (κ1) is 13.6. The maximum absolute atomic E-state index is 11.9. The maximum atomic E-state index is 11.9. The first-order chi connectivity index (χ1) is 9.20. The molecule has 0 aliphatic heterocycles. The van der Waals surface area contributed by atoms with E-state index in [2.05, 4.69) is 29.1 Å². The number of carbonyl (C=O) groups is 1. The smallest absolute Gasteiger partial charge is 0.269 e. The second-order valence-electron chi connectivity index (χ2n) is 4.96. The van der Waals surface area contributed by atoms with E-state index in [0.29, 0.717) is 18.2 Å². The van der Waals surface area contributed by atoms with E-state index in [0.717, 1.165) is 18.0 Å². The Morgan fingerprint density at radius 1 is 1.58 bits per heavy atom. The van der Waals surface area contributed by atoms with Crippen molar-refractivity contribution < 1.29 is 4.79 Å². The number of hydrogen-bond acceptors (Lipinski definition) is 3. The van der Waals surface area contributed by atoms with Crippen molar-refractivity contribution in [3.8, 4) is 11.8 Å². The molecule has 1 saturated carbocycles. The van der Waals surface area contributed by atoms with E-state index in [1.54, 1.807) is 18.3 Å². The molecule has 2 rings (SSSR count). The predicted octanol–water partition coefficient (Wildman–Crippen LogP) is 1.17. The van der Waals surface area contributed by atoms with E-state index in [1.165, 1.54) is 12.8 Å². The Bertz CT molecular complexity index is 494. The molecular weight excluding hydrogens is 238 g/mol. The van der Waals surface area contributed by atoms with Crippen LogP contribution in [0.2, 0.25) is 0 Å². The number of amides is 1. The largest absolute Gasteiger partial charge is 0.350 e. The van der Waals surface area contributed by atoms with Gasteiger partial charge in [0.1, 0.15) is 5.69 Å². The lowest BCUT2D eigenvalue weighted by atomic mass is 10.1. The highest BCUT2D eigenvalue weighted by Crippen LogP contribution is 2.36. The molecule has 0 saturated heterocycles. The van der Waals surface area contributed by atoms with Crippen molar-refractivity contribution in [1.82, 2.24) is 10.3 Å². The second-order valence-corrected chi connectivity index (χ2v) is 4.96. The number of rotatable bonds is 4. The van der Waals surface area contributed by atoms with Crippen molar-refractivity contribution in [3.63, 3.8) is 0 Å². The molecule has 4 nitrogen and oxygen atoms in total. The molecular formula is C15H19N3O. The Morgan fingerprint density at radius 3 is 2.95 bits per heavy atom. The molecule has 0 bridgehead atoms.